The molecule has 0 N–H and O–H groups in total. The number of amides is 1. The molecule has 0 aliphatic carbocycles. The van der Waals surface area contributed by atoms with Crippen molar-refractivity contribution in [3.8, 4) is 5.75 Å². The highest BCUT2D eigenvalue weighted by molar-refractivity contribution is 5.76. The summed E-state index contributed by atoms with van der Waals surface area (Å²) in [7, 11) is 4.77. The SMILES string of the molecule is CCN1C[C@@H](CN(C)C(=O)CCn2cnc3c2c(=O)n(C)c(=O)n3C)Oc2ccccc21. The van der Waals surface area contributed by atoms with Crippen LogP contribution in [0.1, 0.15) is 13.3 Å². The Labute approximate surface area is 185 Å². The topological polar surface area (TPSA) is 94.6 Å². The van der Waals surface area contributed by atoms with E-state index in [4.69, 9.17) is 4.74 Å². The van der Waals surface area contributed by atoms with Crippen molar-refractivity contribution in [3.05, 3.63) is 51.4 Å². The number of benzene rings is 1. The van der Waals surface area contributed by atoms with Crippen molar-refractivity contribution < 1.29 is 9.53 Å². The Morgan fingerprint density at radius 1 is 1.22 bits per heavy atom. The molecule has 1 aliphatic rings. The molecule has 2 aromatic heterocycles. The van der Waals surface area contributed by atoms with Crippen LogP contribution in [0.3, 0.4) is 0 Å². The predicted octanol–water partition coefficient (Wildman–Crippen LogP) is 0.570. The molecule has 1 atom stereocenters. The number of anilines is 1. The number of hydrogen-bond acceptors (Lipinski definition) is 6. The number of hydrogen-bond donors (Lipinski definition) is 0. The van der Waals surface area contributed by atoms with Crippen LogP contribution in [0.2, 0.25) is 0 Å². The van der Waals surface area contributed by atoms with Crippen LogP contribution < -0.4 is 20.9 Å². The summed E-state index contributed by atoms with van der Waals surface area (Å²) in [5.74, 6) is 0.775. The molecule has 4 rings (SSSR count). The van der Waals surface area contributed by atoms with Crippen molar-refractivity contribution in [2.24, 2.45) is 14.1 Å². The van der Waals surface area contributed by atoms with Crippen LogP contribution in [0.15, 0.2) is 40.2 Å². The van der Waals surface area contributed by atoms with E-state index in [1.807, 2.05) is 24.3 Å². The molecule has 1 aromatic carbocycles. The molecule has 32 heavy (non-hydrogen) atoms. The third kappa shape index (κ3) is 3.76. The van der Waals surface area contributed by atoms with Gasteiger partial charge in [-0.3, -0.25) is 18.7 Å². The van der Waals surface area contributed by atoms with Crippen LogP contribution in [0.25, 0.3) is 11.2 Å². The summed E-state index contributed by atoms with van der Waals surface area (Å²) in [4.78, 5) is 45.6. The van der Waals surface area contributed by atoms with E-state index in [1.54, 1.807) is 23.6 Å². The van der Waals surface area contributed by atoms with E-state index in [0.717, 1.165) is 22.5 Å². The average molecular weight is 441 g/mol. The fraction of sp³-hybridized carbons (Fsp3) is 0.455. The van der Waals surface area contributed by atoms with Crippen LogP contribution in [-0.2, 0) is 25.4 Å². The summed E-state index contributed by atoms with van der Waals surface area (Å²) in [6.45, 7) is 4.43. The second-order valence-electron chi connectivity index (χ2n) is 8.09. The minimum absolute atomic E-state index is 0.0565. The molecule has 0 saturated carbocycles. The van der Waals surface area contributed by atoms with Crippen molar-refractivity contribution in [1.29, 1.82) is 0 Å². The molecule has 0 bridgehead atoms. The quantitative estimate of drug-likeness (QED) is 0.556. The molecule has 0 saturated heterocycles. The number of carbonyl (C=O) groups is 1. The number of aromatic nitrogens is 4. The first-order valence-electron chi connectivity index (χ1n) is 10.7. The Morgan fingerprint density at radius 2 is 1.97 bits per heavy atom. The Kier molecular flexibility index (Phi) is 5.77. The molecular formula is C22H28N6O4. The van der Waals surface area contributed by atoms with E-state index in [-0.39, 0.29) is 18.4 Å². The molecular weight excluding hydrogens is 412 g/mol. The maximum absolute atomic E-state index is 12.8. The molecule has 1 amide bonds. The molecule has 1 aliphatic heterocycles. The number of imidazole rings is 1. The van der Waals surface area contributed by atoms with Crippen LogP contribution in [0.4, 0.5) is 5.69 Å². The number of nitrogens with zero attached hydrogens (tertiary/aromatic N) is 6. The molecule has 170 valence electrons. The van der Waals surface area contributed by atoms with Gasteiger partial charge in [0.2, 0.25) is 5.91 Å². The molecule has 10 heteroatoms. The van der Waals surface area contributed by atoms with Gasteiger partial charge in [-0.1, -0.05) is 12.1 Å². The minimum atomic E-state index is -0.432. The highest BCUT2D eigenvalue weighted by Crippen LogP contribution is 2.32. The smallest absolute Gasteiger partial charge is 0.332 e. The fourth-order valence-electron chi connectivity index (χ4n) is 4.15. The number of ether oxygens (including phenoxy) is 1. The standard InChI is InChI=1S/C22H28N6O4/c1-5-27-13-15(32-17-9-7-6-8-16(17)27)12-24(2)18(29)10-11-28-14-23-20-19(28)21(30)26(4)22(31)25(20)3/h6-9,14-15H,5,10-13H2,1-4H3/t15-/m1/s1. The van der Waals surface area contributed by atoms with Gasteiger partial charge in [0, 0.05) is 40.7 Å². The fourth-order valence-corrected chi connectivity index (χ4v) is 4.15. The number of likely N-dealkylation sites (N-methyl/N-ethyl adjacent to an activating group) is 2. The Morgan fingerprint density at radius 3 is 2.72 bits per heavy atom. The maximum atomic E-state index is 12.8. The average Bonchev–Trinajstić information content (AvgIpc) is 3.23. The van der Waals surface area contributed by atoms with Gasteiger partial charge in [-0.2, -0.15) is 0 Å². The van der Waals surface area contributed by atoms with E-state index in [9.17, 15) is 14.4 Å². The van der Waals surface area contributed by atoms with Gasteiger partial charge in [-0.25, -0.2) is 9.78 Å². The van der Waals surface area contributed by atoms with E-state index >= 15 is 0 Å². The third-order valence-electron chi connectivity index (χ3n) is 5.99. The first-order chi connectivity index (χ1) is 15.3. The largest absolute Gasteiger partial charge is 0.485 e. The van der Waals surface area contributed by atoms with Crippen LogP contribution >= 0.6 is 0 Å². The Bertz CT molecular complexity index is 1270. The van der Waals surface area contributed by atoms with Crippen molar-refractivity contribution in [1.82, 2.24) is 23.6 Å². The van der Waals surface area contributed by atoms with Gasteiger partial charge in [0.25, 0.3) is 5.56 Å². The lowest BCUT2D eigenvalue weighted by Crippen LogP contribution is -2.46. The van der Waals surface area contributed by atoms with Gasteiger partial charge in [-0.15, -0.1) is 0 Å². The molecule has 0 fully saturated rings. The Balaban J connectivity index is 1.43. The van der Waals surface area contributed by atoms with Gasteiger partial charge in [-0.05, 0) is 19.1 Å². The lowest BCUT2D eigenvalue weighted by Gasteiger charge is -2.37. The number of rotatable bonds is 6. The first-order valence-corrected chi connectivity index (χ1v) is 10.7. The number of para-hydroxylation sites is 2. The summed E-state index contributed by atoms with van der Waals surface area (Å²) in [6.07, 6.45) is 1.57. The van der Waals surface area contributed by atoms with Gasteiger partial charge >= 0.3 is 5.69 Å². The summed E-state index contributed by atoms with van der Waals surface area (Å²) < 4.78 is 10.1. The number of carbonyl (C=O) groups excluding carboxylic acids is 1. The normalized spacial score (nSPS) is 15.5. The monoisotopic (exact) mass is 440 g/mol. The Hall–Kier alpha value is -3.56. The number of fused-ring (bicyclic) bond motifs is 2. The van der Waals surface area contributed by atoms with Crippen LogP contribution in [0, 0.1) is 0 Å². The van der Waals surface area contributed by atoms with E-state index in [2.05, 4.69) is 16.8 Å². The second-order valence-corrected chi connectivity index (χ2v) is 8.09. The highest BCUT2D eigenvalue weighted by Gasteiger charge is 2.26. The predicted molar refractivity (Wildman–Crippen MR) is 121 cm³/mol. The lowest BCUT2D eigenvalue weighted by atomic mass is 10.1. The first kappa shape index (κ1) is 21.7. The summed E-state index contributed by atoms with van der Waals surface area (Å²) in [6, 6.07) is 7.93. The minimum Gasteiger partial charge on any atom is -0.485 e. The second kappa shape index (κ2) is 8.52. The molecule has 0 spiro atoms. The zero-order chi connectivity index (χ0) is 23.0. The zero-order valence-electron chi connectivity index (χ0n) is 18.8. The van der Waals surface area contributed by atoms with Crippen molar-refractivity contribution in [2.75, 3.05) is 31.6 Å². The molecule has 3 heterocycles. The van der Waals surface area contributed by atoms with Crippen molar-refractivity contribution in [2.45, 2.75) is 26.0 Å². The van der Waals surface area contributed by atoms with Gasteiger partial charge in [0.15, 0.2) is 11.2 Å². The molecule has 3 aromatic rings. The maximum Gasteiger partial charge on any atom is 0.332 e. The molecule has 0 radical (unpaired) electrons. The van der Waals surface area contributed by atoms with Crippen LogP contribution in [0.5, 0.6) is 5.75 Å². The zero-order valence-corrected chi connectivity index (χ0v) is 18.8. The van der Waals surface area contributed by atoms with E-state index < -0.39 is 11.2 Å². The highest BCUT2D eigenvalue weighted by atomic mass is 16.5. The molecule has 10 nitrogen and oxygen atoms in total. The number of aryl methyl sites for hydroxylation is 2. The summed E-state index contributed by atoms with van der Waals surface area (Å²) in [5, 5.41) is 0. The van der Waals surface area contributed by atoms with Gasteiger partial charge in [0.1, 0.15) is 11.9 Å². The summed E-state index contributed by atoms with van der Waals surface area (Å²) in [5.41, 5.74) is 0.848. The van der Waals surface area contributed by atoms with E-state index in [1.165, 1.54) is 17.9 Å². The molecule has 0 unspecified atom stereocenters. The van der Waals surface area contributed by atoms with Gasteiger partial charge < -0.3 is 19.1 Å². The van der Waals surface area contributed by atoms with Crippen molar-refractivity contribution >= 4 is 22.8 Å². The van der Waals surface area contributed by atoms with Crippen molar-refractivity contribution in [3.63, 3.8) is 0 Å². The van der Waals surface area contributed by atoms with E-state index in [0.29, 0.717) is 30.8 Å². The lowest BCUT2D eigenvalue weighted by molar-refractivity contribution is -0.131. The van der Waals surface area contributed by atoms with Crippen LogP contribution in [-0.4, -0.2) is 62.3 Å². The third-order valence-corrected chi connectivity index (χ3v) is 5.99. The summed E-state index contributed by atoms with van der Waals surface area (Å²) >= 11 is 0. The van der Waals surface area contributed by atoms with Gasteiger partial charge in [0.05, 0.1) is 25.1 Å².